The van der Waals surface area contributed by atoms with Crippen LogP contribution in [0.3, 0.4) is 0 Å². The molecule has 0 aliphatic rings. The molecule has 0 aromatic heterocycles. The third-order valence-corrected chi connectivity index (χ3v) is 2.77. The number of rotatable bonds is 3. The average Bonchev–Trinajstić information content (AvgIpc) is 2.25. The summed E-state index contributed by atoms with van der Waals surface area (Å²) < 4.78 is 5.21. The third kappa shape index (κ3) is 3.96. The summed E-state index contributed by atoms with van der Waals surface area (Å²) in [5, 5.41) is 9.47. The molecule has 19 heavy (non-hydrogen) atoms. The van der Waals surface area contributed by atoms with Crippen LogP contribution in [-0.4, -0.2) is 22.6 Å². The molecule has 4 nitrogen and oxygen atoms in total. The number of hydrogen-bond acceptors (Lipinski definition) is 3. The van der Waals surface area contributed by atoms with E-state index in [1.165, 1.54) is 12.1 Å². The first kappa shape index (κ1) is 15.5. The molecule has 0 bridgehead atoms. The highest BCUT2D eigenvalue weighted by Gasteiger charge is 2.24. The van der Waals surface area contributed by atoms with Crippen molar-refractivity contribution >= 4 is 23.5 Å². The van der Waals surface area contributed by atoms with Gasteiger partial charge in [-0.05, 0) is 44.9 Å². The summed E-state index contributed by atoms with van der Waals surface area (Å²) in [4.78, 5) is 23.2. The van der Waals surface area contributed by atoms with Gasteiger partial charge in [0.1, 0.15) is 5.60 Å². The summed E-state index contributed by atoms with van der Waals surface area (Å²) in [5.74, 6) is -1.86. The van der Waals surface area contributed by atoms with Crippen molar-refractivity contribution in [3.8, 4) is 0 Å². The zero-order chi connectivity index (χ0) is 14.8. The van der Waals surface area contributed by atoms with Crippen LogP contribution in [0, 0.1) is 0 Å². The van der Waals surface area contributed by atoms with Crippen molar-refractivity contribution in [2.45, 2.75) is 39.7 Å². The van der Waals surface area contributed by atoms with Gasteiger partial charge in [-0.25, -0.2) is 9.59 Å². The van der Waals surface area contributed by atoms with Crippen LogP contribution in [0.2, 0.25) is 5.02 Å². The van der Waals surface area contributed by atoms with Gasteiger partial charge in [-0.3, -0.25) is 0 Å². The Morgan fingerprint density at radius 3 is 2.26 bits per heavy atom. The van der Waals surface area contributed by atoms with E-state index in [-0.39, 0.29) is 11.1 Å². The van der Waals surface area contributed by atoms with Gasteiger partial charge in [0.25, 0.3) is 0 Å². The van der Waals surface area contributed by atoms with Crippen LogP contribution in [0.25, 0.3) is 0 Å². The van der Waals surface area contributed by atoms with Gasteiger partial charge in [-0.2, -0.15) is 0 Å². The molecule has 0 aliphatic heterocycles. The SMILES string of the molecule is CCc1cc(C(=O)OC(C)(C)C)c(C(=O)O)cc1Cl. The van der Waals surface area contributed by atoms with Crippen LogP contribution in [0.1, 0.15) is 54.0 Å². The zero-order valence-electron chi connectivity index (χ0n) is 11.4. The lowest BCUT2D eigenvalue weighted by Gasteiger charge is -2.20. The van der Waals surface area contributed by atoms with Crippen molar-refractivity contribution in [1.29, 1.82) is 0 Å². The minimum atomic E-state index is -1.20. The van der Waals surface area contributed by atoms with E-state index in [4.69, 9.17) is 21.4 Å². The standard InChI is InChI=1S/C14H17ClO4/c1-5-8-6-10(13(18)19-14(2,3)4)9(12(16)17)7-11(8)15/h6-7H,5H2,1-4H3,(H,16,17). The Morgan fingerprint density at radius 1 is 1.26 bits per heavy atom. The molecule has 0 atom stereocenters. The predicted molar refractivity (Wildman–Crippen MR) is 73.0 cm³/mol. The summed E-state index contributed by atoms with van der Waals surface area (Å²) in [7, 11) is 0. The minimum Gasteiger partial charge on any atom is -0.478 e. The second-order valence-electron chi connectivity index (χ2n) is 5.15. The molecule has 104 valence electrons. The van der Waals surface area contributed by atoms with E-state index in [1.54, 1.807) is 20.8 Å². The van der Waals surface area contributed by atoms with E-state index in [2.05, 4.69) is 0 Å². The van der Waals surface area contributed by atoms with Crippen molar-refractivity contribution < 1.29 is 19.4 Å². The van der Waals surface area contributed by atoms with E-state index in [0.717, 1.165) is 0 Å². The van der Waals surface area contributed by atoms with Crippen LogP contribution in [0.5, 0.6) is 0 Å². The second kappa shape index (κ2) is 5.61. The number of hydrogen-bond donors (Lipinski definition) is 1. The molecule has 1 aromatic carbocycles. The number of esters is 1. The number of ether oxygens (including phenoxy) is 1. The van der Waals surface area contributed by atoms with E-state index in [1.807, 2.05) is 6.92 Å². The van der Waals surface area contributed by atoms with Crippen molar-refractivity contribution in [3.05, 3.63) is 33.8 Å². The lowest BCUT2D eigenvalue weighted by Crippen LogP contribution is -2.25. The maximum atomic E-state index is 12.0. The maximum Gasteiger partial charge on any atom is 0.339 e. The largest absolute Gasteiger partial charge is 0.478 e. The predicted octanol–water partition coefficient (Wildman–Crippen LogP) is 3.56. The fraction of sp³-hybridized carbons (Fsp3) is 0.429. The summed E-state index contributed by atoms with van der Waals surface area (Å²) in [6.45, 7) is 7.05. The molecule has 0 unspecified atom stereocenters. The molecule has 0 saturated carbocycles. The van der Waals surface area contributed by atoms with Crippen molar-refractivity contribution in [2.24, 2.45) is 0 Å². The fourth-order valence-corrected chi connectivity index (χ4v) is 1.87. The van der Waals surface area contributed by atoms with E-state index in [0.29, 0.717) is 17.0 Å². The summed E-state index contributed by atoms with van der Waals surface area (Å²) in [6.07, 6.45) is 0.606. The van der Waals surface area contributed by atoms with Gasteiger partial charge in [-0.1, -0.05) is 18.5 Å². The molecule has 0 radical (unpaired) electrons. The molecule has 0 aliphatic carbocycles. The highest BCUT2D eigenvalue weighted by Crippen LogP contribution is 2.24. The number of carbonyl (C=O) groups is 2. The van der Waals surface area contributed by atoms with Gasteiger partial charge >= 0.3 is 11.9 Å². The molecule has 1 aromatic rings. The van der Waals surface area contributed by atoms with Gasteiger partial charge in [0.05, 0.1) is 11.1 Å². The van der Waals surface area contributed by atoms with Gasteiger partial charge < -0.3 is 9.84 Å². The molecule has 1 rings (SSSR count). The first-order valence-corrected chi connectivity index (χ1v) is 6.32. The van der Waals surface area contributed by atoms with Gasteiger partial charge in [0.2, 0.25) is 0 Å². The first-order valence-electron chi connectivity index (χ1n) is 5.94. The highest BCUT2D eigenvalue weighted by molar-refractivity contribution is 6.32. The minimum absolute atomic E-state index is 0.0312. The third-order valence-electron chi connectivity index (χ3n) is 2.42. The topological polar surface area (TPSA) is 63.6 Å². The maximum absolute atomic E-state index is 12.0. The molecule has 0 amide bonds. The molecule has 0 spiro atoms. The van der Waals surface area contributed by atoms with E-state index in [9.17, 15) is 9.59 Å². The number of aromatic carboxylic acids is 1. The lowest BCUT2D eigenvalue weighted by molar-refractivity contribution is 0.00657. The van der Waals surface area contributed by atoms with Crippen molar-refractivity contribution in [2.75, 3.05) is 0 Å². The monoisotopic (exact) mass is 284 g/mol. The number of halogens is 1. The molecular weight excluding hydrogens is 268 g/mol. The summed E-state index contributed by atoms with van der Waals surface area (Å²) in [5.41, 5.74) is -0.0774. The molecule has 0 heterocycles. The molecule has 1 N–H and O–H groups in total. The van der Waals surface area contributed by atoms with Crippen molar-refractivity contribution in [1.82, 2.24) is 0 Å². The number of carbonyl (C=O) groups excluding carboxylic acids is 1. The summed E-state index contributed by atoms with van der Waals surface area (Å²) >= 11 is 5.97. The quantitative estimate of drug-likeness (QED) is 0.862. The highest BCUT2D eigenvalue weighted by atomic mass is 35.5. The van der Waals surface area contributed by atoms with Gasteiger partial charge in [0, 0.05) is 5.02 Å². The number of benzene rings is 1. The Labute approximate surface area is 117 Å². The number of carboxylic acid groups (broad SMARTS) is 1. The van der Waals surface area contributed by atoms with E-state index < -0.39 is 17.5 Å². The Balaban J connectivity index is 3.31. The Hall–Kier alpha value is -1.55. The first-order chi connectivity index (χ1) is 8.65. The molecule has 5 heteroatoms. The van der Waals surface area contributed by atoms with Gasteiger partial charge in [-0.15, -0.1) is 0 Å². The van der Waals surface area contributed by atoms with Crippen LogP contribution in [-0.2, 0) is 11.2 Å². The Kier molecular flexibility index (Phi) is 4.58. The second-order valence-corrected chi connectivity index (χ2v) is 5.56. The molecule has 0 saturated heterocycles. The Morgan fingerprint density at radius 2 is 1.84 bits per heavy atom. The normalized spacial score (nSPS) is 11.2. The van der Waals surface area contributed by atoms with Crippen LogP contribution in [0.4, 0.5) is 0 Å². The van der Waals surface area contributed by atoms with Crippen molar-refractivity contribution in [3.63, 3.8) is 0 Å². The molecule has 0 fully saturated rings. The average molecular weight is 285 g/mol. The van der Waals surface area contributed by atoms with Gasteiger partial charge in [0.15, 0.2) is 0 Å². The lowest BCUT2D eigenvalue weighted by atomic mass is 10.0. The van der Waals surface area contributed by atoms with Crippen LogP contribution in [0.15, 0.2) is 12.1 Å². The molecular formula is C14H17ClO4. The van der Waals surface area contributed by atoms with Crippen LogP contribution < -0.4 is 0 Å². The van der Waals surface area contributed by atoms with E-state index >= 15 is 0 Å². The number of aryl methyl sites for hydroxylation is 1. The summed E-state index contributed by atoms with van der Waals surface area (Å²) in [6, 6.07) is 2.78. The van der Waals surface area contributed by atoms with Crippen LogP contribution >= 0.6 is 11.6 Å². The Bertz CT molecular complexity index is 515. The number of carboxylic acids is 1. The fourth-order valence-electron chi connectivity index (χ4n) is 1.57. The zero-order valence-corrected chi connectivity index (χ0v) is 12.2. The smallest absolute Gasteiger partial charge is 0.339 e.